The zero-order valence-corrected chi connectivity index (χ0v) is 16.4. The number of allylic oxidation sites excluding steroid dienone is 1. The predicted octanol–water partition coefficient (Wildman–Crippen LogP) is 4.50. The highest BCUT2D eigenvalue weighted by Gasteiger charge is 2.33. The molecule has 2 aliphatic rings. The van der Waals surface area contributed by atoms with Gasteiger partial charge in [0.05, 0.1) is 5.56 Å². The molecule has 5 nitrogen and oxygen atoms in total. The van der Waals surface area contributed by atoms with E-state index in [1.54, 1.807) is 24.4 Å². The highest BCUT2D eigenvalue weighted by atomic mass is 19.1. The van der Waals surface area contributed by atoms with Gasteiger partial charge in [-0.25, -0.2) is 4.39 Å². The lowest BCUT2D eigenvalue weighted by Gasteiger charge is -2.30. The summed E-state index contributed by atoms with van der Waals surface area (Å²) in [6.07, 6.45) is 5.16. The van der Waals surface area contributed by atoms with Crippen LogP contribution < -0.4 is 9.47 Å². The Bertz CT molecular complexity index is 1170. The van der Waals surface area contributed by atoms with Gasteiger partial charge in [-0.05, 0) is 48.4 Å². The molecule has 0 radical (unpaired) electrons. The van der Waals surface area contributed by atoms with Crippen LogP contribution in [0.1, 0.15) is 32.6 Å². The third-order valence-electron chi connectivity index (χ3n) is 5.28. The SMILES string of the molecule is Cc1c2c(cc3c1O/C(=C\c1cccc(F)c1)C3=O)CN(Cc1cccnc1)CO2. The zero-order valence-electron chi connectivity index (χ0n) is 16.4. The van der Waals surface area contributed by atoms with Crippen LogP contribution in [0, 0.1) is 12.7 Å². The fourth-order valence-corrected chi connectivity index (χ4v) is 3.90. The van der Waals surface area contributed by atoms with E-state index in [4.69, 9.17) is 9.47 Å². The number of ketones is 1. The van der Waals surface area contributed by atoms with Gasteiger partial charge in [0.15, 0.2) is 5.76 Å². The van der Waals surface area contributed by atoms with Crippen LogP contribution in [0.3, 0.4) is 0 Å². The minimum Gasteiger partial charge on any atom is -0.477 e. The Morgan fingerprint density at radius 2 is 2.10 bits per heavy atom. The second-order valence-corrected chi connectivity index (χ2v) is 7.48. The van der Waals surface area contributed by atoms with Crippen LogP contribution in [0.25, 0.3) is 6.08 Å². The summed E-state index contributed by atoms with van der Waals surface area (Å²) in [4.78, 5) is 19.3. The molecule has 0 saturated carbocycles. The molecule has 150 valence electrons. The molecule has 0 fully saturated rings. The van der Waals surface area contributed by atoms with Gasteiger partial charge in [-0.2, -0.15) is 0 Å². The second-order valence-electron chi connectivity index (χ2n) is 7.48. The van der Waals surface area contributed by atoms with Crippen LogP contribution in [0.2, 0.25) is 0 Å². The summed E-state index contributed by atoms with van der Waals surface area (Å²) in [5.74, 6) is 0.900. The summed E-state index contributed by atoms with van der Waals surface area (Å²) >= 11 is 0. The number of hydrogen-bond donors (Lipinski definition) is 0. The highest BCUT2D eigenvalue weighted by molar-refractivity contribution is 6.15. The number of carbonyl (C=O) groups excluding carboxylic acids is 1. The number of fused-ring (bicyclic) bond motifs is 2. The first-order chi connectivity index (χ1) is 14.6. The first-order valence-corrected chi connectivity index (χ1v) is 9.69. The van der Waals surface area contributed by atoms with Crippen molar-refractivity contribution < 1.29 is 18.7 Å². The highest BCUT2D eigenvalue weighted by Crippen LogP contribution is 2.43. The Hall–Kier alpha value is -3.51. The number of halogens is 1. The first-order valence-electron chi connectivity index (χ1n) is 9.69. The van der Waals surface area contributed by atoms with E-state index >= 15 is 0 Å². The number of pyridine rings is 1. The molecule has 0 spiro atoms. The smallest absolute Gasteiger partial charge is 0.231 e. The molecule has 30 heavy (non-hydrogen) atoms. The van der Waals surface area contributed by atoms with Crippen LogP contribution in [0.5, 0.6) is 11.5 Å². The molecule has 3 aromatic rings. The Morgan fingerprint density at radius 1 is 1.20 bits per heavy atom. The van der Waals surface area contributed by atoms with Crippen LogP contribution in [-0.4, -0.2) is 22.4 Å². The van der Waals surface area contributed by atoms with E-state index in [0.717, 1.165) is 22.4 Å². The van der Waals surface area contributed by atoms with Gasteiger partial charge >= 0.3 is 0 Å². The van der Waals surface area contributed by atoms with Gasteiger partial charge in [0.1, 0.15) is 24.0 Å². The van der Waals surface area contributed by atoms with Gasteiger partial charge in [-0.1, -0.05) is 18.2 Å². The standard InChI is InChI=1S/C24H19FN2O3/c1-15-23-18(13-27(14-29-23)12-17-5-3-7-26-11-17)10-20-22(28)21(30-24(15)20)9-16-4-2-6-19(25)8-16/h2-11H,12-14H2,1H3/b21-9-. The molecular weight excluding hydrogens is 383 g/mol. The van der Waals surface area contributed by atoms with Gasteiger partial charge in [0, 0.05) is 36.6 Å². The molecule has 6 heteroatoms. The van der Waals surface area contributed by atoms with Gasteiger partial charge in [0.25, 0.3) is 0 Å². The van der Waals surface area contributed by atoms with E-state index in [0.29, 0.717) is 36.7 Å². The Kier molecular flexibility index (Phi) is 4.56. The summed E-state index contributed by atoms with van der Waals surface area (Å²) in [6.45, 7) is 3.71. The van der Waals surface area contributed by atoms with Crippen LogP contribution in [-0.2, 0) is 13.1 Å². The number of hydrogen-bond acceptors (Lipinski definition) is 5. The molecular formula is C24H19FN2O3. The lowest BCUT2D eigenvalue weighted by atomic mass is 10.00. The average Bonchev–Trinajstić information content (AvgIpc) is 3.05. The van der Waals surface area contributed by atoms with Crippen LogP contribution >= 0.6 is 0 Å². The molecule has 2 aromatic carbocycles. The molecule has 0 unspecified atom stereocenters. The van der Waals surface area contributed by atoms with E-state index in [2.05, 4.69) is 9.88 Å². The topological polar surface area (TPSA) is 51.7 Å². The van der Waals surface area contributed by atoms with Crippen molar-refractivity contribution in [1.29, 1.82) is 0 Å². The van der Waals surface area contributed by atoms with Crippen molar-refractivity contribution >= 4 is 11.9 Å². The van der Waals surface area contributed by atoms with Gasteiger partial charge in [0.2, 0.25) is 5.78 Å². The Labute approximate surface area is 173 Å². The largest absolute Gasteiger partial charge is 0.477 e. The van der Waals surface area contributed by atoms with Crippen molar-refractivity contribution in [2.75, 3.05) is 6.73 Å². The fourth-order valence-electron chi connectivity index (χ4n) is 3.90. The minimum atomic E-state index is -0.360. The molecule has 0 saturated heterocycles. The average molecular weight is 402 g/mol. The zero-order chi connectivity index (χ0) is 20.7. The molecule has 0 amide bonds. The predicted molar refractivity (Wildman–Crippen MR) is 109 cm³/mol. The number of nitrogens with zero attached hydrogens (tertiary/aromatic N) is 2. The molecule has 0 N–H and O–H groups in total. The van der Waals surface area contributed by atoms with Gasteiger partial charge in [-0.3, -0.25) is 14.7 Å². The van der Waals surface area contributed by atoms with E-state index in [-0.39, 0.29) is 17.4 Å². The third kappa shape index (κ3) is 3.35. The summed E-state index contributed by atoms with van der Waals surface area (Å²) in [6, 6.07) is 11.8. The number of benzene rings is 2. The third-order valence-corrected chi connectivity index (χ3v) is 5.28. The number of ether oxygens (including phenoxy) is 2. The molecule has 0 aliphatic carbocycles. The quantitative estimate of drug-likeness (QED) is 0.604. The number of aromatic nitrogens is 1. The monoisotopic (exact) mass is 402 g/mol. The molecule has 5 rings (SSSR count). The van der Waals surface area contributed by atoms with Crippen molar-refractivity contribution in [2.45, 2.75) is 20.0 Å². The molecule has 0 bridgehead atoms. The minimum absolute atomic E-state index is 0.188. The lowest BCUT2D eigenvalue weighted by molar-refractivity contribution is 0.0876. The molecule has 1 aromatic heterocycles. The van der Waals surface area contributed by atoms with E-state index in [9.17, 15) is 9.18 Å². The van der Waals surface area contributed by atoms with Crippen molar-refractivity contribution in [3.63, 3.8) is 0 Å². The summed E-state index contributed by atoms with van der Waals surface area (Å²) in [5.41, 5.74) is 3.94. The van der Waals surface area contributed by atoms with Crippen molar-refractivity contribution in [3.05, 3.63) is 94.3 Å². The Morgan fingerprint density at radius 3 is 2.90 bits per heavy atom. The van der Waals surface area contributed by atoms with Gasteiger partial charge in [-0.15, -0.1) is 0 Å². The molecule has 0 atom stereocenters. The lowest BCUT2D eigenvalue weighted by Crippen LogP contribution is -2.32. The summed E-state index contributed by atoms with van der Waals surface area (Å²) < 4.78 is 25.4. The Balaban J connectivity index is 1.44. The van der Waals surface area contributed by atoms with E-state index in [1.807, 2.05) is 31.3 Å². The van der Waals surface area contributed by atoms with Crippen LogP contribution in [0.15, 0.2) is 60.6 Å². The summed E-state index contributed by atoms with van der Waals surface area (Å²) in [5, 5.41) is 0. The number of carbonyl (C=O) groups is 1. The maximum atomic E-state index is 13.5. The van der Waals surface area contributed by atoms with E-state index < -0.39 is 0 Å². The molecule has 3 heterocycles. The number of rotatable bonds is 3. The van der Waals surface area contributed by atoms with Crippen molar-refractivity contribution in [2.24, 2.45) is 0 Å². The van der Waals surface area contributed by atoms with Crippen LogP contribution in [0.4, 0.5) is 4.39 Å². The summed E-state index contributed by atoms with van der Waals surface area (Å²) in [7, 11) is 0. The van der Waals surface area contributed by atoms with E-state index in [1.165, 1.54) is 12.1 Å². The first kappa shape index (κ1) is 18.5. The second kappa shape index (κ2) is 7.39. The normalized spacial score (nSPS) is 16.7. The van der Waals surface area contributed by atoms with Crippen molar-refractivity contribution in [1.82, 2.24) is 9.88 Å². The maximum Gasteiger partial charge on any atom is 0.231 e. The van der Waals surface area contributed by atoms with Gasteiger partial charge < -0.3 is 9.47 Å². The molecule has 2 aliphatic heterocycles. The maximum absolute atomic E-state index is 13.5. The van der Waals surface area contributed by atoms with Crippen molar-refractivity contribution in [3.8, 4) is 11.5 Å². The fraction of sp³-hybridized carbons (Fsp3) is 0.167. The number of Topliss-reactive ketones (excluding diaryl/α,β-unsaturated/α-hetero) is 1.